The first-order valence-corrected chi connectivity index (χ1v) is 16.8. The number of ketones is 1. The van der Waals surface area contributed by atoms with Crippen molar-refractivity contribution in [2.24, 2.45) is 22.7 Å². The Bertz CT molecular complexity index is 1280. The molecule has 2 saturated carbocycles. The molecule has 3 fully saturated rings. The first-order chi connectivity index (χ1) is 20.8. The monoisotopic (exact) mass is 620 g/mol. The van der Waals surface area contributed by atoms with E-state index < -0.39 is 17.1 Å². The van der Waals surface area contributed by atoms with Crippen LogP contribution in [-0.2, 0) is 9.53 Å². The number of hydrogen-bond donors (Lipinski definition) is 3. The van der Waals surface area contributed by atoms with E-state index in [2.05, 4.69) is 58.9 Å². The molecule has 2 aliphatic carbocycles. The highest BCUT2D eigenvalue weighted by Gasteiger charge is 2.67. The lowest BCUT2D eigenvalue weighted by molar-refractivity contribution is -0.168. The standard InChI is InChI=1S/C40H60O5/c1-27(17-13-18-29(3)21-22-35-37(6,7)25-34(43)36-39(35,10)45-36)15-11-12-16-28(2)19-14-20-30(4)33(42)26-40(44)31(5)23-32(41)24-38(40,8)9/h11-20,31-32,34-36,41,43-44H,21-26H2,1-10H3/b12-11+,17-13+,19-14+,27-15+,28-16+,29-18+,30-20+. The zero-order valence-corrected chi connectivity index (χ0v) is 29.6. The van der Waals surface area contributed by atoms with Crippen LogP contribution in [0.5, 0.6) is 0 Å². The van der Waals surface area contributed by atoms with E-state index in [-0.39, 0.29) is 41.3 Å². The van der Waals surface area contributed by atoms with Gasteiger partial charge in [0.05, 0.1) is 23.4 Å². The molecule has 0 bridgehead atoms. The lowest BCUT2D eigenvalue weighted by atomic mass is 9.58. The third-order valence-electron chi connectivity index (χ3n) is 10.9. The largest absolute Gasteiger partial charge is 0.393 e. The minimum Gasteiger partial charge on any atom is -0.393 e. The fourth-order valence-corrected chi connectivity index (χ4v) is 7.92. The zero-order valence-electron chi connectivity index (χ0n) is 29.6. The first kappa shape index (κ1) is 37.2. The van der Waals surface area contributed by atoms with Gasteiger partial charge in [-0.05, 0) is 95.0 Å². The molecule has 1 saturated heterocycles. The Morgan fingerprint density at radius 1 is 0.844 bits per heavy atom. The number of ether oxygens (including phenoxy) is 1. The second-order valence-corrected chi connectivity index (χ2v) is 15.8. The average molecular weight is 621 g/mol. The topological polar surface area (TPSA) is 90.3 Å². The Morgan fingerprint density at radius 3 is 2.00 bits per heavy atom. The molecule has 45 heavy (non-hydrogen) atoms. The average Bonchev–Trinajstić information content (AvgIpc) is 3.61. The summed E-state index contributed by atoms with van der Waals surface area (Å²) in [7, 11) is 0. The quantitative estimate of drug-likeness (QED) is 0.116. The van der Waals surface area contributed by atoms with Gasteiger partial charge in [0.2, 0.25) is 0 Å². The van der Waals surface area contributed by atoms with E-state index in [1.807, 2.05) is 64.2 Å². The van der Waals surface area contributed by atoms with Gasteiger partial charge in [-0.2, -0.15) is 0 Å². The second-order valence-electron chi connectivity index (χ2n) is 15.8. The number of rotatable bonds is 12. The predicted molar refractivity (Wildman–Crippen MR) is 186 cm³/mol. The van der Waals surface area contributed by atoms with Crippen LogP contribution in [0.2, 0.25) is 0 Å². The Balaban J connectivity index is 1.46. The molecule has 3 rings (SSSR count). The summed E-state index contributed by atoms with van der Waals surface area (Å²) < 4.78 is 5.97. The fourth-order valence-electron chi connectivity index (χ4n) is 7.92. The van der Waals surface area contributed by atoms with Gasteiger partial charge in [-0.3, -0.25) is 4.79 Å². The predicted octanol–water partition coefficient (Wildman–Crippen LogP) is 8.29. The van der Waals surface area contributed by atoms with Crippen LogP contribution in [0.3, 0.4) is 0 Å². The van der Waals surface area contributed by atoms with Crippen LogP contribution in [0, 0.1) is 22.7 Å². The van der Waals surface area contributed by atoms with Crippen molar-refractivity contribution in [2.45, 2.75) is 137 Å². The van der Waals surface area contributed by atoms with Gasteiger partial charge in [0.15, 0.2) is 5.78 Å². The Morgan fingerprint density at radius 2 is 1.42 bits per heavy atom. The Kier molecular flexibility index (Phi) is 12.1. The molecule has 0 spiro atoms. The lowest BCUT2D eigenvalue weighted by Gasteiger charge is -2.51. The molecule has 1 aliphatic heterocycles. The Hall–Kier alpha value is -2.31. The number of carbonyl (C=O) groups is 1. The normalized spacial score (nSPS) is 35.8. The summed E-state index contributed by atoms with van der Waals surface area (Å²) in [5, 5.41) is 31.9. The van der Waals surface area contributed by atoms with Gasteiger partial charge in [0.25, 0.3) is 0 Å². The highest BCUT2D eigenvalue weighted by Crippen LogP contribution is 2.59. The molecule has 7 unspecified atom stereocenters. The number of fused-ring (bicyclic) bond motifs is 1. The van der Waals surface area contributed by atoms with Crippen LogP contribution >= 0.6 is 0 Å². The molecule has 0 aromatic heterocycles. The third kappa shape index (κ3) is 9.16. The fraction of sp³-hybridized carbons (Fsp3) is 0.625. The van der Waals surface area contributed by atoms with E-state index in [9.17, 15) is 20.1 Å². The maximum absolute atomic E-state index is 13.0. The number of hydrogen-bond acceptors (Lipinski definition) is 5. The second kappa shape index (κ2) is 14.6. The molecular formula is C40H60O5. The number of allylic oxidation sites excluding steroid dienone is 14. The van der Waals surface area contributed by atoms with E-state index >= 15 is 0 Å². The molecule has 5 heteroatoms. The molecular weight excluding hydrogens is 560 g/mol. The lowest BCUT2D eigenvalue weighted by Crippen LogP contribution is -2.56. The molecule has 250 valence electrons. The number of carbonyl (C=O) groups excluding carboxylic acids is 1. The Labute approximate surface area is 273 Å². The van der Waals surface area contributed by atoms with Crippen molar-refractivity contribution in [3.8, 4) is 0 Å². The van der Waals surface area contributed by atoms with Crippen LogP contribution in [0.25, 0.3) is 0 Å². The summed E-state index contributed by atoms with van der Waals surface area (Å²) in [5.41, 5.74) is 2.40. The van der Waals surface area contributed by atoms with E-state index in [0.717, 1.165) is 30.4 Å². The van der Waals surface area contributed by atoms with Crippen molar-refractivity contribution < 1.29 is 24.9 Å². The van der Waals surface area contributed by atoms with Crippen molar-refractivity contribution in [2.75, 3.05) is 0 Å². The summed E-state index contributed by atoms with van der Waals surface area (Å²) in [6.45, 7) is 20.6. The maximum atomic E-state index is 13.0. The van der Waals surface area contributed by atoms with E-state index in [4.69, 9.17) is 4.74 Å². The highest BCUT2D eigenvalue weighted by atomic mass is 16.6. The highest BCUT2D eigenvalue weighted by molar-refractivity contribution is 5.95. The molecule has 3 N–H and O–H groups in total. The molecule has 7 atom stereocenters. The van der Waals surface area contributed by atoms with Crippen LogP contribution in [0.4, 0.5) is 0 Å². The van der Waals surface area contributed by atoms with Gasteiger partial charge in [-0.1, -0.05) is 112 Å². The maximum Gasteiger partial charge on any atom is 0.161 e. The minimum atomic E-state index is -1.13. The number of epoxide rings is 1. The van der Waals surface area contributed by atoms with Crippen molar-refractivity contribution in [3.63, 3.8) is 0 Å². The van der Waals surface area contributed by atoms with Gasteiger partial charge in [-0.15, -0.1) is 0 Å². The van der Waals surface area contributed by atoms with Crippen molar-refractivity contribution in [3.05, 3.63) is 83.1 Å². The molecule has 0 aromatic carbocycles. The van der Waals surface area contributed by atoms with Crippen LogP contribution in [0.1, 0.15) is 108 Å². The SMILES string of the molecule is CC(/C=C/C=C(\C)CCC1C(C)(C)CC(O)C2OC21C)=C\C=C\C=C(C)\C=C\C=C(/C)C(=O)CC1(O)C(C)CC(O)CC1(C)C. The van der Waals surface area contributed by atoms with Crippen molar-refractivity contribution in [1.29, 1.82) is 0 Å². The number of aliphatic hydroxyl groups excluding tert-OH is 2. The van der Waals surface area contributed by atoms with Gasteiger partial charge in [0, 0.05) is 6.42 Å². The molecule has 3 aliphatic rings. The molecule has 1 heterocycles. The van der Waals surface area contributed by atoms with Crippen molar-refractivity contribution >= 4 is 5.78 Å². The zero-order chi connectivity index (χ0) is 33.8. The van der Waals surface area contributed by atoms with Gasteiger partial charge in [-0.25, -0.2) is 0 Å². The van der Waals surface area contributed by atoms with E-state index in [1.54, 1.807) is 6.92 Å². The van der Waals surface area contributed by atoms with E-state index in [1.165, 1.54) is 5.57 Å². The smallest absolute Gasteiger partial charge is 0.161 e. The van der Waals surface area contributed by atoms with Gasteiger partial charge >= 0.3 is 0 Å². The summed E-state index contributed by atoms with van der Waals surface area (Å²) in [6.07, 6.45) is 23.4. The summed E-state index contributed by atoms with van der Waals surface area (Å²) in [6, 6.07) is 0. The van der Waals surface area contributed by atoms with Gasteiger partial charge < -0.3 is 20.1 Å². The van der Waals surface area contributed by atoms with Crippen molar-refractivity contribution in [1.82, 2.24) is 0 Å². The van der Waals surface area contributed by atoms with Gasteiger partial charge in [0.1, 0.15) is 6.10 Å². The molecule has 0 aromatic rings. The van der Waals surface area contributed by atoms with Crippen LogP contribution in [0.15, 0.2) is 83.1 Å². The number of Topliss-reactive ketones (excluding diaryl/α,β-unsaturated/α-hetero) is 1. The van der Waals surface area contributed by atoms with E-state index in [0.29, 0.717) is 24.3 Å². The molecule has 0 radical (unpaired) electrons. The summed E-state index contributed by atoms with van der Waals surface area (Å²) >= 11 is 0. The summed E-state index contributed by atoms with van der Waals surface area (Å²) in [5.74, 6) is 0.230. The van der Waals surface area contributed by atoms with Crippen LogP contribution in [-0.4, -0.2) is 50.6 Å². The molecule has 5 nitrogen and oxygen atoms in total. The molecule has 0 amide bonds. The number of aliphatic hydroxyl groups is 3. The minimum absolute atomic E-state index is 0.00758. The third-order valence-corrected chi connectivity index (χ3v) is 10.9. The summed E-state index contributed by atoms with van der Waals surface area (Å²) in [4.78, 5) is 13.0. The first-order valence-electron chi connectivity index (χ1n) is 16.8. The van der Waals surface area contributed by atoms with Crippen LogP contribution < -0.4 is 0 Å².